The number of hydrogen-bond acceptors (Lipinski definition) is 3. The highest BCUT2D eigenvalue weighted by Crippen LogP contribution is 2.29. The van der Waals surface area contributed by atoms with Gasteiger partial charge in [-0.1, -0.05) is 42.5 Å². The largest absolute Gasteiger partial charge is 0.416 e. The van der Waals surface area contributed by atoms with Gasteiger partial charge in [-0.15, -0.1) is 0 Å². The maximum atomic E-state index is 12.7. The van der Waals surface area contributed by atoms with E-state index in [2.05, 4.69) is 10.3 Å². The molecule has 164 valence electrons. The van der Waals surface area contributed by atoms with Gasteiger partial charge >= 0.3 is 6.18 Å². The molecule has 2 aromatic carbocycles. The maximum absolute atomic E-state index is 12.7. The smallest absolute Gasteiger partial charge is 0.356 e. The molecule has 2 rings (SSSR count). The third kappa shape index (κ3) is 7.70. The van der Waals surface area contributed by atoms with E-state index in [-0.39, 0.29) is 11.5 Å². The highest BCUT2D eigenvalue weighted by atomic mass is 32.2. The van der Waals surface area contributed by atoms with Crippen molar-refractivity contribution >= 4 is 15.8 Å². The van der Waals surface area contributed by atoms with Gasteiger partial charge in [0, 0.05) is 27.2 Å². The maximum Gasteiger partial charge on any atom is 0.416 e. The molecule has 0 saturated heterocycles. The first kappa shape index (κ1) is 23.7. The van der Waals surface area contributed by atoms with E-state index in [4.69, 9.17) is 0 Å². The van der Waals surface area contributed by atoms with Crippen LogP contribution in [0.15, 0.2) is 59.6 Å². The molecule has 0 heterocycles. The van der Waals surface area contributed by atoms with Gasteiger partial charge in [-0.25, -0.2) is 8.42 Å². The van der Waals surface area contributed by atoms with Gasteiger partial charge in [0.25, 0.3) is 0 Å². The minimum Gasteiger partial charge on any atom is -0.356 e. The van der Waals surface area contributed by atoms with Crippen LogP contribution < -0.4 is 5.32 Å². The van der Waals surface area contributed by atoms with Crippen LogP contribution in [0.5, 0.6) is 0 Å². The summed E-state index contributed by atoms with van der Waals surface area (Å²) < 4.78 is 62.5. The quantitative estimate of drug-likeness (QED) is 0.385. The SMILES string of the molecule is CN=C(NCCCS(=O)(=O)Cc1ccccc1)N(C)Cc1ccc(C(F)(F)F)cc1. The second-order valence-electron chi connectivity index (χ2n) is 6.96. The van der Waals surface area contributed by atoms with Crippen molar-refractivity contribution in [3.63, 3.8) is 0 Å². The summed E-state index contributed by atoms with van der Waals surface area (Å²) in [6.45, 7) is 0.780. The molecular weight excluding hydrogens is 415 g/mol. The van der Waals surface area contributed by atoms with Crippen LogP contribution in [0.4, 0.5) is 13.2 Å². The Kier molecular flexibility index (Phi) is 8.28. The van der Waals surface area contributed by atoms with Gasteiger partial charge in [0.05, 0.1) is 17.1 Å². The molecule has 5 nitrogen and oxygen atoms in total. The molecule has 0 aliphatic heterocycles. The first-order chi connectivity index (χ1) is 14.1. The van der Waals surface area contributed by atoms with E-state index in [1.165, 1.54) is 12.1 Å². The molecule has 0 bridgehead atoms. The summed E-state index contributed by atoms with van der Waals surface area (Å²) in [5, 5.41) is 3.09. The van der Waals surface area contributed by atoms with Crippen molar-refractivity contribution in [2.24, 2.45) is 4.99 Å². The molecule has 9 heteroatoms. The molecule has 0 aliphatic carbocycles. The van der Waals surface area contributed by atoms with Crippen LogP contribution in [0.25, 0.3) is 0 Å². The van der Waals surface area contributed by atoms with Crippen molar-refractivity contribution in [1.29, 1.82) is 0 Å². The first-order valence-electron chi connectivity index (χ1n) is 9.43. The van der Waals surface area contributed by atoms with Crippen LogP contribution >= 0.6 is 0 Å². The van der Waals surface area contributed by atoms with Crippen LogP contribution in [0.2, 0.25) is 0 Å². The average Bonchev–Trinajstić information content (AvgIpc) is 2.68. The summed E-state index contributed by atoms with van der Waals surface area (Å²) in [6, 6.07) is 14.0. The lowest BCUT2D eigenvalue weighted by Crippen LogP contribution is -2.39. The lowest BCUT2D eigenvalue weighted by molar-refractivity contribution is -0.137. The molecule has 2 aromatic rings. The number of benzene rings is 2. The van der Waals surface area contributed by atoms with Crippen molar-refractivity contribution in [2.45, 2.75) is 24.9 Å². The highest BCUT2D eigenvalue weighted by Gasteiger charge is 2.29. The van der Waals surface area contributed by atoms with Gasteiger partial charge in [-0.3, -0.25) is 4.99 Å². The predicted molar refractivity (Wildman–Crippen MR) is 113 cm³/mol. The molecule has 1 N–H and O–H groups in total. The average molecular weight is 442 g/mol. The second-order valence-corrected chi connectivity index (χ2v) is 9.14. The number of guanidine groups is 1. The summed E-state index contributed by atoms with van der Waals surface area (Å²) in [7, 11) is 0.148. The summed E-state index contributed by atoms with van der Waals surface area (Å²) in [6.07, 6.45) is -3.94. The summed E-state index contributed by atoms with van der Waals surface area (Å²) in [5.74, 6) is 0.598. The summed E-state index contributed by atoms with van der Waals surface area (Å²) in [4.78, 5) is 5.91. The van der Waals surface area contributed by atoms with Crippen molar-refractivity contribution in [2.75, 3.05) is 26.4 Å². The Labute approximate surface area is 175 Å². The zero-order chi connectivity index (χ0) is 22.2. The topological polar surface area (TPSA) is 61.8 Å². The fourth-order valence-electron chi connectivity index (χ4n) is 2.93. The van der Waals surface area contributed by atoms with Gasteiger partial charge in [-0.05, 0) is 29.7 Å². The van der Waals surface area contributed by atoms with Crippen LogP contribution in [-0.4, -0.2) is 45.7 Å². The van der Waals surface area contributed by atoms with E-state index in [0.717, 1.165) is 17.7 Å². The summed E-state index contributed by atoms with van der Waals surface area (Å²) >= 11 is 0. The first-order valence-corrected chi connectivity index (χ1v) is 11.2. The molecule has 30 heavy (non-hydrogen) atoms. The van der Waals surface area contributed by atoms with Gasteiger partial charge in [0.2, 0.25) is 0 Å². The number of nitrogens with one attached hydrogen (secondary N) is 1. The number of rotatable bonds is 8. The number of aliphatic imine (C=N–C) groups is 1. The van der Waals surface area contributed by atoms with Crippen LogP contribution in [-0.2, 0) is 28.3 Å². The Morgan fingerprint density at radius 3 is 2.23 bits per heavy atom. The third-order valence-electron chi connectivity index (χ3n) is 4.42. The van der Waals surface area contributed by atoms with E-state index < -0.39 is 21.6 Å². The standard InChI is InChI=1S/C21H26F3N3O2S/c1-25-20(27(2)15-17-9-11-19(12-10-17)21(22,23)24)26-13-6-14-30(28,29)16-18-7-4-3-5-8-18/h3-5,7-12H,6,13-16H2,1-2H3,(H,25,26). The number of hydrogen-bond donors (Lipinski definition) is 1. The molecular formula is C21H26F3N3O2S. The molecule has 0 aromatic heterocycles. The number of sulfone groups is 1. The van der Waals surface area contributed by atoms with E-state index >= 15 is 0 Å². The predicted octanol–water partition coefficient (Wildman–Crippen LogP) is 3.72. The lowest BCUT2D eigenvalue weighted by atomic mass is 10.1. The Bertz CT molecular complexity index is 928. The fraction of sp³-hybridized carbons (Fsp3) is 0.381. The van der Waals surface area contributed by atoms with Crippen LogP contribution in [0.1, 0.15) is 23.1 Å². The summed E-state index contributed by atoms with van der Waals surface area (Å²) in [5.41, 5.74) is 0.782. The van der Waals surface area contributed by atoms with E-state index in [1.54, 1.807) is 31.1 Å². The molecule has 0 saturated carbocycles. The van der Waals surface area contributed by atoms with E-state index in [1.807, 2.05) is 18.2 Å². The van der Waals surface area contributed by atoms with Crippen molar-refractivity contribution in [3.8, 4) is 0 Å². The molecule has 0 spiro atoms. The lowest BCUT2D eigenvalue weighted by Gasteiger charge is -2.22. The minimum absolute atomic E-state index is 0.0103. The number of alkyl halides is 3. The van der Waals surface area contributed by atoms with Gasteiger partial charge in [0.15, 0.2) is 15.8 Å². The Balaban J connectivity index is 1.81. The Morgan fingerprint density at radius 2 is 1.67 bits per heavy atom. The monoisotopic (exact) mass is 441 g/mol. The molecule has 0 unspecified atom stereocenters. The molecule has 0 amide bonds. The Hall–Kier alpha value is -2.55. The third-order valence-corrected chi connectivity index (χ3v) is 6.10. The normalized spacial score (nSPS) is 12.6. The molecule has 0 aliphatic rings. The molecule has 0 radical (unpaired) electrons. The minimum atomic E-state index is -4.36. The number of nitrogens with zero attached hydrogens (tertiary/aromatic N) is 2. The van der Waals surface area contributed by atoms with E-state index in [9.17, 15) is 21.6 Å². The fourth-order valence-corrected chi connectivity index (χ4v) is 4.35. The van der Waals surface area contributed by atoms with Crippen molar-refractivity contribution in [3.05, 3.63) is 71.3 Å². The van der Waals surface area contributed by atoms with Crippen LogP contribution in [0, 0.1) is 0 Å². The Morgan fingerprint density at radius 1 is 1.03 bits per heavy atom. The zero-order valence-corrected chi connectivity index (χ0v) is 17.8. The van der Waals surface area contributed by atoms with Crippen molar-refractivity contribution < 1.29 is 21.6 Å². The second kappa shape index (κ2) is 10.5. The molecule has 0 atom stereocenters. The van der Waals surface area contributed by atoms with Crippen molar-refractivity contribution in [1.82, 2.24) is 10.2 Å². The van der Waals surface area contributed by atoms with Gasteiger partial charge in [-0.2, -0.15) is 13.2 Å². The van der Waals surface area contributed by atoms with Gasteiger partial charge < -0.3 is 10.2 Å². The number of halogens is 3. The molecule has 0 fully saturated rings. The van der Waals surface area contributed by atoms with Crippen LogP contribution in [0.3, 0.4) is 0 Å². The zero-order valence-electron chi connectivity index (χ0n) is 17.0. The highest BCUT2D eigenvalue weighted by molar-refractivity contribution is 7.90. The van der Waals surface area contributed by atoms with Gasteiger partial charge in [0.1, 0.15) is 0 Å². The van der Waals surface area contributed by atoms with E-state index in [0.29, 0.717) is 31.0 Å².